The molecule has 0 spiro atoms. The SMILES string of the molecule is O=C(O)c1ccc2c(c1)CCN2C(=O)NCC1CCCO1. The molecule has 1 fully saturated rings. The number of carboxylic acid groups (broad SMARTS) is 1. The van der Waals surface area contributed by atoms with Gasteiger partial charge in [-0.15, -0.1) is 0 Å². The molecule has 2 aliphatic rings. The molecule has 1 atom stereocenters. The van der Waals surface area contributed by atoms with Crippen LogP contribution in [0.3, 0.4) is 0 Å². The van der Waals surface area contributed by atoms with Crippen LogP contribution in [0.2, 0.25) is 0 Å². The van der Waals surface area contributed by atoms with Gasteiger partial charge in [-0.1, -0.05) is 0 Å². The number of benzene rings is 1. The number of anilines is 1. The number of amides is 2. The van der Waals surface area contributed by atoms with Gasteiger partial charge in [0.2, 0.25) is 0 Å². The Morgan fingerprint density at radius 2 is 2.29 bits per heavy atom. The Labute approximate surface area is 122 Å². The number of carboxylic acids is 1. The van der Waals surface area contributed by atoms with E-state index in [1.165, 1.54) is 6.07 Å². The van der Waals surface area contributed by atoms with Crippen LogP contribution in [-0.4, -0.2) is 42.9 Å². The van der Waals surface area contributed by atoms with Crippen molar-refractivity contribution in [3.63, 3.8) is 0 Å². The fourth-order valence-electron chi connectivity index (χ4n) is 2.85. The smallest absolute Gasteiger partial charge is 0.335 e. The molecule has 0 radical (unpaired) electrons. The molecule has 1 aromatic carbocycles. The highest BCUT2D eigenvalue weighted by Gasteiger charge is 2.26. The minimum Gasteiger partial charge on any atom is -0.478 e. The Morgan fingerprint density at radius 1 is 1.43 bits per heavy atom. The zero-order valence-electron chi connectivity index (χ0n) is 11.7. The van der Waals surface area contributed by atoms with Crippen molar-refractivity contribution in [2.24, 2.45) is 0 Å². The van der Waals surface area contributed by atoms with Gasteiger partial charge >= 0.3 is 12.0 Å². The quantitative estimate of drug-likeness (QED) is 0.887. The van der Waals surface area contributed by atoms with E-state index in [9.17, 15) is 9.59 Å². The summed E-state index contributed by atoms with van der Waals surface area (Å²) in [6, 6.07) is 4.74. The molecule has 0 aliphatic carbocycles. The van der Waals surface area contributed by atoms with Gasteiger partial charge in [-0.25, -0.2) is 9.59 Å². The maximum atomic E-state index is 12.2. The second kappa shape index (κ2) is 5.73. The molecule has 6 heteroatoms. The van der Waals surface area contributed by atoms with Gasteiger partial charge in [0, 0.05) is 25.4 Å². The zero-order chi connectivity index (χ0) is 14.8. The molecule has 0 bridgehead atoms. The molecule has 0 aromatic heterocycles. The summed E-state index contributed by atoms with van der Waals surface area (Å²) in [7, 11) is 0. The van der Waals surface area contributed by atoms with Crippen molar-refractivity contribution < 1.29 is 19.4 Å². The molecule has 2 aliphatic heterocycles. The highest BCUT2D eigenvalue weighted by molar-refractivity contribution is 5.96. The monoisotopic (exact) mass is 290 g/mol. The first-order valence-corrected chi connectivity index (χ1v) is 7.18. The van der Waals surface area contributed by atoms with Gasteiger partial charge in [0.1, 0.15) is 0 Å². The van der Waals surface area contributed by atoms with Gasteiger partial charge in [-0.05, 0) is 43.0 Å². The van der Waals surface area contributed by atoms with Gasteiger partial charge in [-0.3, -0.25) is 4.90 Å². The number of carbonyl (C=O) groups excluding carboxylic acids is 1. The Bertz CT molecular complexity index is 567. The lowest BCUT2D eigenvalue weighted by atomic mass is 10.1. The van der Waals surface area contributed by atoms with Crippen molar-refractivity contribution in [3.8, 4) is 0 Å². The lowest BCUT2D eigenvalue weighted by Gasteiger charge is -2.19. The molecule has 21 heavy (non-hydrogen) atoms. The molecule has 6 nitrogen and oxygen atoms in total. The van der Waals surface area contributed by atoms with E-state index in [0.29, 0.717) is 19.5 Å². The summed E-state index contributed by atoms with van der Waals surface area (Å²) < 4.78 is 5.48. The molecular weight excluding hydrogens is 272 g/mol. The number of hydrogen-bond donors (Lipinski definition) is 2. The van der Waals surface area contributed by atoms with Gasteiger partial charge < -0.3 is 15.2 Å². The van der Waals surface area contributed by atoms with Crippen LogP contribution in [0, 0.1) is 0 Å². The minimum atomic E-state index is -0.945. The van der Waals surface area contributed by atoms with Crippen molar-refractivity contribution in [1.82, 2.24) is 5.32 Å². The molecule has 112 valence electrons. The first-order chi connectivity index (χ1) is 10.1. The third-order valence-corrected chi connectivity index (χ3v) is 3.97. The van der Waals surface area contributed by atoms with Crippen molar-refractivity contribution in [2.75, 3.05) is 24.6 Å². The highest BCUT2D eigenvalue weighted by Crippen LogP contribution is 2.29. The number of fused-ring (bicyclic) bond motifs is 1. The normalized spacial score (nSPS) is 20.4. The van der Waals surface area contributed by atoms with Crippen LogP contribution in [0.5, 0.6) is 0 Å². The average Bonchev–Trinajstić information content (AvgIpc) is 3.13. The van der Waals surface area contributed by atoms with Crippen LogP contribution in [0.1, 0.15) is 28.8 Å². The van der Waals surface area contributed by atoms with E-state index in [-0.39, 0.29) is 17.7 Å². The van der Waals surface area contributed by atoms with E-state index < -0.39 is 5.97 Å². The number of nitrogens with zero attached hydrogens (tertiary/aromatic N) is 1. The van der Waals surface area contributed by atoms with Crippen molar-refractivity contribution in [2.45, 2.75) is 25.4 Å². The summed E-state index contributed by atoms with van der Waals surface area (Å²) >= 11 is 0. The lowest BCUT2D eigenvalue weighted by Crippen LogP contribution is -2.42. The predicted octanol–water partition coefficient (Wildman–Crippen LogP) is 1.64. The molecule has 2 heterocycles. The number of hydrogen-bond acceptors (Lipinski definition) is 3. The maximum Gasteiger partial charge on any atom is 0.335 e. The van der Waals surface area contributed by atoms with Gasteiger partial charge in [0.25, 0.3) is 0 Å². The third-order valence-electron chi connectivity index (χ3n) is 3.97. The second-order valence-corrected chi connectivity index (χ2v) is 5.37. The number of ether oxygens (including phenoxy) is 1. The van der Waals surface area contributed by atoms with E-state index in [2.05, 4.69) is 5.32 Å². The largest absolute Gasteiger partial charge is 0.478 e. The predicted molar refractivity (Wildman–Crippen MR) is 76.8 cm³/mol. The second-order valence-electron chi connectivity index (χ2n) is 5.37. The summed E-state index contributed by atoms with van der Waals surface area (Å²) in [5.74, 6) is -0.945. The molecule has 2 N–H and O–H groups in total. The van der Waals surface area contributed by atoms with Gasteiger partial charge in [-0.2, -0.15) is 0 Å². The topological polar surface area (TPSA) is 78.9 Å². The van der Waals surface area contributed by atoms with E-state index in [0.717, 1.165) is 30.7 Å². The summed E-state index contributed by atoms with van der Waals surface area (Å²) in [6.45, 7) is 1.87. The van der Waals surface area contributed by atoms with Crippen LogP contribution in [0.25, 0.3) is 0 Å². The van der Waals surface area contributed by atoms with Gasteiger partial charge in [0.15, 0.2) is 0 Å². The van der Waals surface area contributed by atoms with Crippen molar-refractivity contribution in [1.29, 1.82) is 0 Å². The Kier molecular flexibility index (Phi) is 3.79. The van der Waals surface area contributed by atoms with E-state index in [4.69, 9.17) is 9.84 Å². The van der Waals surface area contributed by atoms with Crippen LogP contribution in [-0.2, 0) is 11.2 Å². The Balaban J connectivity index is 1.65. The standard InChI is InChI=1S/C15H18N2O4/c18-14(19)11-3-4-13-10(8-11)5-6-17(13)15(20)16-9-12-2-1-7-21-12/h3-4,8,12H,1-2,5-7,9H2,(H,16,20)(H,18,19). The van der Waals surface area contributed by atoms with Crippen molar-refractivity contribution in [3.05, 3.63) is 29.3 Å². The lowest BCUT2D eigenvalue weighted by molar-refractivity contribution is 0.0697. The molecule has 0 saturated carbocycles. The Hall–Kier alpha value is -2.08. The molecular formula is C15H18N2O4. The van der Waals surface area contributed by atoms with Crippen LogP contribution in [0.4, 0.5) is 10.5 Å². The molecule has 1 unspecified atom stereocenters. The van der Waals surface area contributed by atoms with E-state index >= 15 is 0 Å². The molecule has 1 aromatic rings. The molecule has 1 saturated heterocycles. The average molecular weight is 290 g/mol. The maximum absolute atomic E-state index is 12.2. The molecule has 2 amide bonds. The van der Waals surface area contributed by atoms with Crippen molar-refractivity contribution >= 4 is 17.7 Å². The molecule has 3 rings (SSSR count). The number of urea groups is 1. The van der Waals surface area contributed by atoms with E-state index in [1.54, 1.807) is 17.0 Å². The summed E-state index contributed by atoms with van der Waals surface area (Å²) in [4.78, 5) is 24.8. The van der Waals surface area contributed by atoms with Crippen LogP contribution >= 0.6 is 0 Å². The fraction of sp³-hybridized carbons (Fsp3) is 0.467. The Morgan fingerprint density at radius 3 is 3.00 bits per heavy atom. The van der Waals surface area contributed by atoms with Crippen LogP contribution in [0.15, 0.2) is 18.2 Å². The third kappa shape index (κ3) is 2.85. The number of carbonyl (C=O) groups is 2. The summed E-state index contributed by atoms with van der Waals surface area (Å²) in [6.07, 6.45) is 2.83. The minimum absolute atomic E-state index is 0.116. The first-order valence-electron chi connectivity index (χ1n) is 7.18. The zero-order valence-corrected chi connectivity index (χ0v) is 11.7. The highest BCUT2D eigenvalue weighted by atomic mass is 16.5. The van der Waals surface area contributed by atoms with Gasteiger partial charge in [0.05, 0.1) is 11.7 Å². The number of nitrogens with one attached hydrogen (secondary N) is 1. The first kappa shape index (κ1) is 13.9. The number of rotatable bonds is 3. The van der Waals surface area contributed by atoms with Crippen LogP contribution < -0.4 is 10.2 Å². The number of aromatic carboxylic acids is 1. The summed E-state index contributed by atoms with van der Waals surface area (Å²) in [5, 5.41) is 11.9. The summed E-state index contributed by atoms with van der Waals surface area (Å²) in [5.41, 5.74) is 1.96. The van der Waals surface area contributed by atoms with E-state index in [1.807, 2.05) is 0 Å². The fourth-order valence-corrected chi connectivity index (χ4v) is 2.85.